The number of carboxylic acid groups (broad SMARTS) is 1. The summed E-state index contributed by atoms with van der Waals surface area (Å²) in [6.07, 6.45) is 1.43. The molecule has 4 nitrogen and oxygen atoms in total. The second-order valence-electron chi connectivity index (χ2n) is 7.90. The van der Waals surface area contributed by atoms with Gasteiger partial charge in [0.25, 0.3) is 0 Å². The molecule has 2 aromatic rings. The molecule has 4 heteroatoms. The number of likely N-dealkylation sites (tertiary alicyclic amines) is 1. The summed E-state index contributed by atoms with van der Waals surface area (Å²) in [4.78, 5) is 15.9. The third kappa shape index (κ3) is 4.33. The van der Waals surface area contributed by atoms with Crippen LogP contribution < -0.4 is 4.90 Å². The average molecular weight is 367 g/mol. The number of benzene rings is 2. The van der Waals surface area contributed by atoms with E-state index in [0.717, 1.165) is 13.1 Å². The highest BCUT2D eigenvalue weighted by Crippen LogP contribution is 2.35. The third-order valence-corrected chi connectivity index (χ3v) is 5.70. The fraction of sp³-hybridized carbons (Fsp3) is 0.435. The molecule has 0 radical (unpaired) electrons. The number of carboxylic acids is 1. The maximum atomic E-state index is 11.3. The quantitative estimate of drug-likeness (QED) is 0.859. The molecule has 0 saturated carbocycles. The van der Waals surface area contributed by atoms with Gasteiger partial charge in [-0.05, 0) is 68.6 Å². The highest BCUT2D eigenvalue weighted by Gasteiger charge is 2.30. The van der Waals surface area contributed by atoms with Crippen LogP contribution in [0.2, 0.25) is 0 Å². The topological polar surface area (TPSA) is 43.8 Å². The van der Waals surface area contributed by atoms with Crippen molar-refractivity contribution in [3.63, 3.8) is 0 Å². The Bertz CT molecular complexity index is 791. The van der Waals surface area contributed by atoms with E-state index in [9.17, 15) is 9.90 Å². The standard InChI is InChI=1S/C23H30N2O2/c1-16-5-6-17(2)21(15-16)22(18-7-9-20(10-8-18)24(3)4)25-13-11-19(12-14-25)23(26)27/h5-10,15,19,22H,11-14H2,1-4H3,(H,26,27). The molecule has 3 rings (SSSR count). The smallest absolute Gasteiger partial charge is 0.306 e. The highest BCUT2D eigenvalue weighted by molar-refractivity contribution is 5.70. The lowest BCUT2D eigenvalue weighted by atomic mass is 9.89. The number of hydrogen-bond acceptors (Lipinski definition) is 3. The summed E-state index contributed by atoms with van der Waals surface area (Å²) in [5, 5.41) is 9.34. The molecule has 27 heavy (non-hydrogen) atoms. The fourth-order valence-electron chi connectivity index (χ4n) is 4.00. The van der Waals surface area contributed by atoms with E-state index in [1.807, 2.05) is 14.1 Å². The predicted octanol–water partition coefficient (Wildman–Crippen LogP) is 4.26. The summed E-state index contributed by atoms with van der Waals surface area (Å²) in [5.41, 5.74) is 6.31. The monoisotopic (exact) mass is 366 g/mol. The molecule has 0 aliphatic carbocycles. The molecular formula is C23H30N2O2. The van der Waals surface area contributed by atoms with Crippen molar-refractivity contribution in [2.24, 2.45) is 5.92 Å². The molecule has 0 aromatic heterocycles. The predicted molar refractivity (Wildman–Crippen MR) is 110 cm³/mol. The van der Waals surface area contributed by atoms with Crippen LogP contribution in [-0.4, -0.2) is 43.2 Å². The first-order valence-electron chi connectivity index (χ1n) is 9.68. The molecule has 1 fully saturated rings. The van der Waals surface area contributed by atoms with Crippen molar-refractivity contribution in [2.45, 2.75) is 32.7 Å². The van der Waals surface area contributed by atoms with Gasteiger partial charge in [0.1, 0.15) is 0 Å². The first kappa shape index (κ1) is 19.4. The Labute approximate surface area is 162 Å². The van der Waals surface area contributed by atoms with E-state index >= 15 is 0 Å². The van der Waals surface area contributed by atoms with Crippen LogP contribution >= 0.6 is 0 Å². The van der Waals surface area contributed by atoms with Gasteiger partial charge in [-0.3, -0.25) is 9.69 Å². The van der Waals surface area contributed by atoms with Gasteiger partial charge in [0.05, 0.1) is 12.0 Å². The molecule has 1 heterocycles. The van der Waals surface area contributed by atoms with Crippen molar-refractivity contribution in [2.75, 3.05) is 32.1 Å². The second-order valence-corrected chi connectivity index (χ2v) is 7.90. The van der Waals surface area contributed by atoms with Crippen LogP contribution in [0.25, 0.3) is 0 Å². The SMILES string of the molecule is Cc1ccc(C)c(C(c2ccc(N(C)C)cc2)N2CCC(C(=O)O)CC2)c1. The number of piperidine rings is 1. The Morgan fingerprint density at radius 3 is 2.26 bits per heavy atom. The van der Waals surface area contributed by atoms with E-state index in [1.165, 1.54) is 27.9 Å². The lowest BCUT2D eigenvalue weighted by Crippen LogP contribution is -2.39. The van der Waals surface area contributed by atoms with E-state index in [4.69, 9.17) is 0 Å². The molecule has 0 amide bonds. The zero-order valence-electron chi connectivity index (χ0n) is 16.8. The van der Waals surface area contributed by atoms with Crippen LogP contribution in [0, 0.1) is 19.8 Å². The molecule has 2 aromatic carbocycles. The number of anilines is 1. The highest BCUT2D eigenvalue weighted by atomic mass is 16.4. The van der Waals surface area contributed by atoms with Crippen LogP contribution in [0.3, 0.4) is 0 Å². The number of rotatable bonds is 5. The van der Waals surface area contributed by atoms with Crippen LogP contribution in [0.15, 0.2) is 42.5 Å². The van der Waals surface area contributed by atoms with Crippen molar-refractivity contribution in [1.29, 1.82) is 0 Å². The van der Waals surface area contributed by atoms with Gasteiger partial charge in [0.15, 0.2) is 0 Å². The zero-order chi connectivity index (χ0) is 19.6. The molecular weight excluding hydrogens is 336 g/mol. The molecule has 0 spiro atoms. The molecule has 1 aliphatic rings. The zero-order valence-corrected chi connectivity index (χ0v) is 16.8. The van der Waals surface area contributed by atoms with Crippen LogP contribution in [-0.2, 0) is 4.79 Å². The summed E-state index contributed by atoms with van der Waals surface area (Å²) in [6.45, 7) is 5.92. The van der Waals surface area contributed by atoms with Crippen molar-refractivity contribution < 1.29 is 9.90 Å². The van der Waals surface area contributed by atoms with Crippen LogP contribution in [0.1, 0.15) is 41.1 Å². The van der Waals surface area contributed by atoms with Gasteiger partial charge in [-0.25, -0.2) is 0 Å². The molecule has 0 bridgehead atoms. The van der Waals surface area contributed by atoms with E-state index in [0.29, 0.717) is 12.8 Å². The Hall–Kier alpha value is -2.33. The minimum atomic E-state index is -0.659. The molecule has 1 saturated heterocycles. The number of aryl methyl sites for hydroxylation is 2. The molecule has 144 valence electrons. The Morgan fingerprint density at radius 1 is 1.07 bits per heavy atom. The minimum absolute atomic E-state index is 0.163. The minimum Gasteiger partial charge on any atom is -0.481 e. The fourth-order valence-corrected chi connectivity index (χ4v) is 4.00. The van der Waals surface area contributed by atoms with Gasteiger partial charge in [-0.1, -0.05) is 35.9 Å². The van der Waals surface area contributed by atoms with E-state index < -0.39 is 5.97 Å². The first-order valence-corrected chi connectivity index (χ1v) is 9.68. The van der Waals surface area contributed by atoms with Gasteiger partial charge < -0.3 is 10.0 Å². The number of carbonyl (C=O) groups is 1. The lowest BCUT2D eigenvalue weighted by Gasteiger charge is -2.38. The van der Waals surface area contributed by atoms with Gasteiger partial charge >= 0.3 is 5.97 Å². The maximum Gasteiger partial charge on any atom is 0.306 e. The van der Waals surface area contributed by atoms with Gasteiger partial charge in [0.2, 0.25) is 0 Å². The molecule has 1 unspecified atom stereocenters. The van der Waals surface area contributed by atoms with E-state index in [-0.39, 0.29) is 12.0 Å². The lowest BCUT2D eigenvalue weighted by molar-refractivity contribution is -0.143. The van der Waals surface area contributed by atoms with Crippen LogP contribution in [0.4, 0.5) is 5.69 Å². The number of aliphatic carboxylic acids is 1. The number of nitrogens with zero attached hydrogens (tertiary/aromatic N) is 2. The molecule has 1 N–H and O–H groups in total. The number of hydrogen-bond donors (Lipinski definition) is 1. The maximum absolute atomic E-state index is 11.3. The summed E-state index contributed by atoms with van der Waals surface area (Å²) in [5.74, 6) is -0.870. The van der Waals surface area contributed by atoms with Gasteiger partial charge in [-0.2, -0.15) is 0 Å². The molecule has 1 aliphatic heterocycles. The van der Waals surface area contributed by atoms with Gasteiger partial charge in [0, 0.05) is 19.8 Å². The normalized spacial score (nSPS) is 16.9. The summed E-state index contributed by atoms with van der Waals surface area (Å²) in [6, 6.07) is 15.5. The van der Waals surface area contributed by atoms with Crippen LogP contribution in [0.5, 0.6) is 0 Å². The Morgan fingerprint density at radius 2 is 1.70 bits per heavy atom. The summed E-state index contributed by atoms with van der Waals surface area (Å²) < 4.78 is 0. The largest absolute Gasteiger partial charge is 0.481 e. The van der Waals surface area contributed by atoms with Crippen molar-refractivity contribution >= 4 is 11.7 Å². The first-order chi connectivity index (χ1) is 12.9. The third-order valence-electron chi connectivity index (χ3n) is 5.70. The van der Waals surface area contributed by atoms with Crippen molar-refractivity contribution in [3.8, 4) is 0 Å². The summed E-state index contributed by atoms with van der Waals surface area (Å²) in [7, 11) is 4.10. The van der Waals surface area contributed by atoms with E-state index in [1.54, 1.807) is 0 Å². The second kappa shape index (κ2) is 8.13. The van der Waals surface area contributed by atoms with Crippen molar-refractivity contribution in [3.05, 3.63) is 64.7 Å². The Balaban J connectivity index is 1.97. The summed E-state index contributed by atoms with van der Waals surface area (Å²) >= 11 is 0. The average Bonchev–Trinajstić information content (AvgIpc) is 2.65. The molecule has 1 atom stereocenters. The van der Waals surface area contributed by atoms with E-state index in [2.05, 4.69) is 66.1 Å². The van der Waals surface area contributed by atoms with Gasteiger partial charge in [-0.15, -0.1) is 0 Å². The Kier molecular flexibility index (Phi) is 5.85. The van der Waals surface area contributed by atoms with Crippen molar-refractivity contribution in [1.82, 2.24) is 4.90 Å².